The number of imide groups is 1. The van der Waals surface area contributed by atoms with Gasteiger partial charge in [0.1, 0.15) is 5.75 Å². The van der Waals surface area contributed by atoms with Crippen molar-refractivity contribution in [3.05, 3.63) is 48.5 Å². The molecule has 0 saturated carbocycles. The second kappa shape index (κ2) is 8.24. The summed E-state index contributed by atoms with van der Waals surface area (Å²) in [6, 6.07) is 13.5. The summed E-state index contributed by atoms with van der Waals surface area (Å²) in [4.78, 5) is 26.2. The molecule has 4 amide bonds. The number of ether oxygens (including phenoxy) is 1. The van der Waals surface area contributed by atoms with Crippen molar-refractivity contribution in [2.45, 2.75) is 13.3 Å². The molecule has 0 saturated heterocycles. The summed E-state index contributed by atoms with van der Waals surface area (Å²) in [6.45, 7) is 3.74. The van der Waals surface area contributed by atoms with Gasteiger partial charge in [0.25, 0.3) is 0 Å². The van der Waals surface area contributed by atoms with Gasteiger partial charge in [0.2, 0.25) is 0 Å². The predicted molar refractivity (Wildman–Crippen MR) is 102 cm³/mol. The Morgan fingerprint density at radius 1 is 1.19 bits per heavy atom. The van der Waals surface area contributed by atoms with E-state index < -0.39 is 12.1 Å². The minimum absolute atomic E-state index is 0.463. The minimum atomic E-state index is -0.585. The Balaban J connectivity index is 1.61. The highest BCUT2D eigenvalue weighted by Gasteiger charge is 2.23. The second-order valence-electron chi connectivity index (χ2n) is 5.86. The molecule has 0 fully saturated rings. The van der Waals surface area contributed by atoms with Crippen LogP contribution in [0.15, 0.2) is 48.5 Å². The van der Waals surface area contributed by atoms with Gasteiger partial charge in [0.15, 0.2) is 0 Å². The van der Waals surface area contributed by atoms with E-state index in [1.165, 1.54) is 0 Å². The molecular weight excluding hydrogens is 332 g/mol. The van der Waals surface area contributed by atoms with E-state index >= 15 is 0 Å². The fourth-order valence-electron chi connectivity index (χ4n) is 2.70. The van der Waals surface area contributed by atoms with Crippen LogP contribution < -0.4 is 25.6 Å². The molecule has 3 N–H and O–H groups in total. The molecule has 7 heteroatoms. The molecule has 136 valence electrons. The molecule has 0 spiro atoms. The lowest BCUT2D eigenvalue weighted by atomic mass is 10.2. The van der Waals surface area contributed by atoms with Crippen LogP contribution in [0.3, 0.4) is 0 Å². The van der Waals surface area contributed by atoms with Crippen LogP contribution in [0.2, 0.25) is 0 Å². The summed E-state index contributed by atoms with van der Waals surface area (Å²) in [5, 5.41) is 8.26. The lowest BCUT2D eigenvalue weighted by Crippen LogP contribution is -2.48. The van der Waals surface area contributed by atoms with Gasteiger partial charge < -0.3 is 15.4 Å². The van der Waals surface area contributed by atoms with E-state index in [-0.39, 0.29) is 0 Å². The first-order valence-corrected chi connectivity index (χ1v) is 8.62. The van der Waals surface area contributed by atoms with Gasteiger partial charge in [0.05, 0.1) is 18.0 Å². The van der Waals surface area contributed by atoms with Crippen molar-refractivity contribution in [3.63, 3.8) is 0 Å². The number of fused-ring (bicyclic) bond motifs is 1. The van der Waals surface area contributed by atoms with Crippen LogP contribution in [0.5, 0.6) is 5.75 Å². The average Bonchev–Trinajstić information content (AvgIpc) is 2.66. The fraction of sp³-hybridized carbons (Fsp3) is 0.263. The lowest BCUT2D eigenvalue weighted by Gasteiger charge is -2.30. The molecule has 1 aliphatic heterocycles. The van der Waals surface area contributed by atoms with Crippen molar-refractivity contribution in [3.8, 4) is 5.75 Å². The summed E-state index contributed by atoms with van der Waals surface area (Å²) in [5.41, 5.74) is 2.18. The Bertz CT molecular complexity index is 794. The standard InChI is InChI=1S/C19H22N4O3/c1-2-12-26-15-7-5-6-14(13-15)21-18(24)22-19(25)23-11-10-20-16-8-3-4-9-17(16)23/h3-9,13,20H,2,10-12H2,1H3,(H2,21,22,24,25). The molecule has 7 nitrogen and oxygen atoms in total. The van der Waals surface area contributed by atoms with Crippen molar-refractivity contribution in [1.29, 1.82) is 0 Å². The topological polar surface area (TPSA) is 82.7 Å². The van der Waals surface area contributed by atoms with Gasteiger partial charge in [0, 0.05) is 24.8 Å². The third-order valence-electron chi connectivity index (χ3n) is 3.88. The van der Waals surface area contributed by atoms with Crippen molar-refractivity contribution in [2.75, 3.05) is 35.2 Å². The summed E-state index contributed by atoms with van der Waals surface area (Å²) < 4.78 is 5.54. The molecule has 0 atom stereocenters. The number of benzene rings is 2. The maximum atomic E-state index is 12.5. The highest BCUT2D eigenvalue weighted by atomic mass is 16.5. The number of urea groups is 2. The van der Waals surface area contributed by atoms with Gasteiger partial charge in [-0.25, -0.2) is 9.59 Å². The number of para-hydroxylation sites is 2. The number of anilines is 3. The highest BCUT2D eigenvalue weighted by Crippen LogP contribution is 2.28. The first kappa shape index (κ1) is 17.6. The van der Waals surface area contributed by atoms with E-state index in [2.05, 4.69) is 16.0 Å². The molecule has 2 aromatic carbocycles. The van der Waals surface area contributed by atoms with E-state index in [0.29, 0.717) is 31.1 Å². The van der Waals surface area contributed by atoms with E-state index in [4.69, 9.17) is 4.74 Å². The molecule has 0 radical (unpaired) electrons. The van der Waals surface area contributed by atoms with E-state index in [1.54, 1.807) is 23.1 Å². The van der Waals surface area contributed by atoms with Gasteiger partial charge in [-0.3, -0.25) is 10.2 Å². The predicted octanol–water partition coefficient (Wildman–Crippen LogP) is 3.65. The SMILES string of the molecule is CCCOc1cccc(NC(=O)NC(=O)N2CCNc3ccccc32)c1. The maximum absolute atomic E-state index is 12.5. The van der Waals surface area contributed by atoms with Crippen LogP contribution in [-0.4, -0.2) is 31.8 Å². The number of hydrogen-bond donors (Lipinski definition) is 3. The molecule has 26 heavy (non-hydrogen) atoms. The molecule has 1 aliphatic rings. The van der Waals surface area contributed by atoms with Gasteiger partial charge >= 0.3 is 12.1 Å². The first-order valence-electron chi connectivity index (χ1n) is 8.62. The zero-order valence-corrected chi connectivity index (χ0v) is 14.6. The van der Waals surface area contributed by atoms with Crippen LogP contribution in [0.25, 0.3) is 0 Å². The van der Waals surface area contributed by atoms with E-state index in [0.717, 1.165) is 17.8 Å². The van der Waals surface area contributed by atoms with Crippen LogP contribution in [-0.2, 0) is 0 Å². The summed E-state index contributed by atoms with van der Waals surface area (Å²) in [6.07, 6.45) is 0.902. The van der Waals surface area contributed by atoms with Crippen LogP contribution in [0.1, 0.15) is 13.3 Å². The highest BCUT2D eigenvalue weighted by molar-refractivity contribution is 6.07. The average molecular weight is 354 g/mol. The smallest absolute Gasteiger partial charge is 0.330 e. The number of amides is 4. The normalized spacial score (nSPS) is 12.6. The van der Waals surface area contributed by atoms with Gasteiger partial charge in [-0.15, -0.1) is 0 Å². The first-order chi connectivity index (χ1) is 12.7. The molecular formula is C19H22N4O3. The third-order valence-corrected chi connectivity index (χ3v) is 3.88. The molecule has 0 aliphatic carbocycles. The van der Waals surface area contributed by atoms with Gasteiger partial charge in [-0.2, -0.15) is 0 Å². The second-order valence-corrected chi connectivity index (χ2v) is 5.86. The Morgan fingerprint density at radius 3 is 2.88 bits per heavy atom. The Labute approximate surface area is 152 Å². The van der Waals surface area contributed by atoms with Crippen LogP contribution >= 0.6 is 0 Å². The Kier molecular flexibility index (Phi) is 5.58. The van der Waals surface area contributed by atoms with Gasteiger partial charge in [-0.1, -0.05) is 25.1 Å². The minimum Gasteiger partial charge on any atom is -0.494 e. The number of carbonyl (C=O) groups is 2. The zero-order chi connectivity index (χ0) is 18.4. The molecule has 2 aromatic rings. The Hall–Kier alpha value is -3.22. The van der Waals surface area contributed by atoms with Crippen molar-refractivity contribution < 1.29 is 14.3 Å². The molecule has 0 unspecified atom stereocenters. The molecule has 0 bridgehead atoms. The van der Waals surface area contributed by atoms with Crippen LogP contribution in [0.4, 0.5) is 26.7 Å². The summed E-state index contributed by atoms with van der Waals surface area (Å²) in [5.74, 6) is 0.673. The van der Waals surface area contributed by atoms with E-state index in [1.807, 2.05) is 37.3 Å². The summed E-state index contributed by atoms with van der Waals surface area (Å²) >= 11 is 0. The largest absolute Gasteiger partial charge is 0.494 e. The number of nitrogens with one attached hydrogen (secondary N) is 3. The maximum Gasteiger partial charge on any atom is 0.330 e. The molecule has 0 aromatic heterocycles. The quantitative estimate of drug-likeness (QED) is 0.783. The Morgan fingerprint density at radius 2 is 2.04 bits per heavy atom. The van der Waals surface area contributed by atoms with Crippen LogP contribution in [0, 0.1) is 0 Å². The monoisotopic (exact) mass is 354 g/mol. The van der Waals surface area contributed by atoms with Crippen molar-refractivity contribution in [2.24, 2.45) is 0 Å². The summed E-state index contributed by atoms with van der Waals surface area (Å²) in [7, 11) is 0. The third kappa shape index (κ3) is 4.24. The van der Waals surface area contributed by atoms with Crippen molar-refractivity contribution in [1.82, 2.24) is 5.32 Å². The number of hydrogen-bond acceptors (Lipinski definition) is 4. The van der Waals surface area contributed by atoms with Crippen molar-refractivity contribution >= 4 is 29.1 Å². The number of nitrogens with zero attached hydrogens (tertiary/aromatic N) is 1. The number of rotatable bonds is 4. The fourth-order valence-corrected chi connectivity index (χ4v) is 2.70. The van der Waals surface area contributed by atoms with E-state index in [9.17, 15) is 9.59 Å². The lowest BCUT2D eigenvalue weighted by molar-refractivity contribution is 0.236. The molecule has 3 rings (SSSR count). The number of carbonyl (C=O) groups excluding carboxylic acids is 2. The van der Waals surface area contributed by atoms with Gasteiger partial charge in [-0.05, 0) is 30.7 Å². The zero-order valence-electron chi connectivity index (χ0n) is 14.6. The molecule has 1 heterocycles.